The van der Waals surface area contributed by atoms with E-state index in [4.69, 9.17) is 14.6 Å². The van der Waals surface area contributed by atoms with Crippen LogP contribution in [0.3, 0.4) is 0 Å². The van der Waals surface area contributed by atoms with Gasteiger partial charge in [-0.15, -0.1) is 0 Å². The lowest BCUT2D eigenvalue weighted by Crippen LogP contribution is -2.50. The number of aliphatic hydroxyl groups is 1. The molecular formula is C31H36N4O4S. The highest BCUT2D eigenvalue weighted by atomic mass is 32.1. The Labute approximate surface area is 238 Å². The maximum atomic E-state index is 14.2. The number of likely N-dealkylation sites (tertiary alicyclic amines) is 1. The number of carbonyl (C=O) groups is 1. The minimum atomic E-state index is -1.27. The van der Waals surface area contributed by atoms with Crippen LogP contribution in [0.5, 0.6) is 5.75 Å². The minimum Gasteiger partial charge on any atom is -0.488 e. The third-order valence-corrected chi connectivity index (χ3v) is 8.69. The number of ether oxygens (including phenoxy) is 2. The Morgan fingerprint density at radius 2 is 2.10 bits per heavy atom. The smallest absolute Gasteiger partial charge is 0.275 e. The quantitative estimate of drug-likeness (QED) is 0.289. The molecule has 1 atom stereocenters. The van der Waals surface area contributed by atoms with Gasteiger partial charge in [0, 0.05) is 42.5 Å². The summed E-state index contributed by atoms with van der Waals surface area (Å²) in [5.74, 6) is -0.597. The van der Waals surface area contributed by atoms with E-state index in [-0.39, 0.29) is 19.1 Å². The van der Waals surface area contributed by atoms with Gasteiger partial charge in [0.05, 0.1) is 23.5 Å². The average molecular weight is 561 g/mol. The first kappa shape index (κ1) is 26.8. The van der Waals surface area contributed by atoms with Gasteiger partial charge in [0.1, 0.15) is 12.4 Å². The average Bonchev–Trinajstić information content (AvgIpc) is 3.72. The van der Waals surface area contributed by atoms with Crippen LogP contribution in [0, 0.1) is 0 Å². The molecule has 3 aromatic heterocycles. The molecule has 0 saturated carbocycles. The first-order valence-corrected chi connectivity index (χ1v) is 14.8. The summed E-state index contributed by atoms with van der Waals surface area (Å²) < 4.78 is 16.0. The van der Waals surface area contributed by atoms with Crippen molar-refractivity contribution in [2.24, 2.45) is 7.05 Å². The minimum absolute atomic E-state index is 0.134. The maximum absolute atomic E-state index is 14.2. The molecule has 1 unspecified atom stereocenters. The number of benzene rings is 1. The van der Waals surface area contributed by atoms with Crippen molar-refractivity contribution in [2.75, 3.05) is 13.2 Å². The van der Waals surface area contributed by atoms with Crippen LogP contribution >= 0.6 is 11.3 Å². The Kier molecular flexibility index (Phi) is 6.64. The number of aromatic nitrogens is 3. The summed E-state index contributed by atoms with van der Waals surface area (Å²) in [6, 6.07) is 8.48. The topological polar surface area (TPSA) is 81.8 Å². The maximum Gasteiger partial charge on any atom is 0.275 e. The Morgan fingerprint density at radius 3 is 2.77 bits per heavy atom. The fourth-order valence-corrected chi connectivity index (χ4v) is 6.49. The van der Waals surface area contributed by atoms with Gasteiger partial charge in [-0.1, -0.05) is 6.92 Å². The van der Waals surface area contributed by atoms with Crippen LogP contribution in [0.4, 0.5) is 0 Å². The van der Waals surface area contributed by atoms with Crippen molar-refractivity contribution in [1.82, 2.24) is 19.2 Å². The van der Waals surface area contributed by atoms with Gasteiger partial charge in [-0.05, 0) is 86.4 Å². The fraction of sp³-hybridized carbons (Fsp3) is 0.419. The zero-order valence-corrected chi connectivity index (χ0v) is 24.5. The lowest BCUT2D eigenvalue weighted by atomic mass is 9.92. The Balaban J connectivity index is 1.48. The molecule has 4 aromatic rings. The van der Waals surface area contributed by atoms with Crippen molar-refractivity contribution in [3.05, 3.63) is 64.2 Å². The van der Waals surface area contributed by atoms with Crippen LogP contribution in [0.2, 0.25) is 0 Å². The summed E-state index contributed by atoms with van der Waals surface area (Å²) in [7, 11) is 2.02. The zero-order chi connectivity index (χ0) is 28.2. The molecule has 40 heavy (non-hydrogen) atoms. The van der Waals surface area contributed by atoms with Crippen molar-refractivity contribution in [3.63, 3.8) is 0 Å². The first-order chi connectivity index (χ1) is 19.1. The Morgan fingerprint density at radius 1 is 1.27 bits per heavy atom. The predicted molar refractivity (Wildman–Crippen MR) is 156 cm³/mol. The third kappa shape index (κ3) is 4.66. The predicted octanol–water partition coefficient (Wildman–Crippen LogP) is 5.80. The SMILES string of the molecule is CCc1cc2c(cc1-c1ccn(C)c1)-c1c(c(C(=O)N3CCCC3(C)COC(C)(C)O)nn1-c1ccsc1)CO2. The molecule has 0 aliphatic carbocycles. The van der Waals surface area contributed by atoms with Gasteiger partial charge in [0.25, 0.3) is 5.91 Å². The molecule has 1 aromatic carbocycles. The van der Waals surface area contributed by atoms with Crippen molar-refractivity contribution in [3.8, 4) is 33.8 Å². The van der Waals surface area contributed by atoms with Gasteiger partial charge in [-0.2, -0.15) is 16.4 Å². The molecule has 8 nitrogen and oxygen atoms in total. The van der Waals surface area contributed by atoms with E-state index in [0.29, 0.717) is 12.2 Å². The summed E-state index contributed by atoms with van der Waals surface area (Å²) in [5.41, 5.74) is 6.93. The normalized spacial score (nSPS) is 18.5. The van der Waals surface area contributed by atoms with Gasteiger partial charge in [-0.3, -0.25) is 4.79 Å². The van der Waals surface area contributed by atoms with Crippen LogP contribution in [0.25, 0.3) is 28.1 Å². The highest BCUT2D eigenvalue weighted by molar-refractivity contribution is 7.08. The molecule has 0 radical (unpaired) electrons. The molecule has 5 heterocycles. The second-order valence-corrected chi connectivity index (χ2v) is 12.4. The number of amides is 1. The van der Waals surface area contributed by atoms with Crippen LogP contribution in [0.1, 0.15) is 62.2 Å². The number of hydrogen-bond donors (Lipinski definition) is 1. The number of aryl methyl sites for hydroxylation is 2. The number of nitrogens with zero attached hydrogens (tertiary/aromatic N) is 4. The number of rotatable bonds is 7. The van der Waals surface area contributed by atoms with Crippen LogP contribution in [-0.2, 0) is 24.8 Å². The van der Waals surface area contributed by atoms with E-state index in [1.165, 1.54) is 5.56 Å². The van der Waals surface area contributed by atoms with Crippen LogP contribution in [0.15, 0.2) is 47.4 Å². The number of hydrogen-bond acceptors (Lipinski definition) is 6. The van der Waals surface area contributed by atoms with Gasteiger partial charge < -0.3 is 24.0 Å². The van der Waals surface area contributed by atoms with Crippen LogP contribution < -0.4 is 4.74 Å². The van der Waals surface area contributed by atoms with E-state index in [2.05, 4.69) is 42.1 Å². The summed E-state index contributed by atoms with van der Waals surface area (Å²) in [6.45, 7) is 8.53. The first-order valence-electron chi connectivity index (χ1n) is 13.8. The van der Waals surface area contributed by atoms with Crippen molar-refractivity contribution in [2.45, 2.75) is 64.9 Å². The number of carbonyl (C=O) groups excluding carboxylic acids is 1. The van der Waals surface area contributed by atoms with E-state index in [0.717, 1.165) is 58.6 Å². The van der Waals surface area contributed by atoms with E-state index >= 15 is 0 Å². The number of fused-ring (bicyclic) bond motifs is 3. The second-order valence-electron chi connectivity index (χ2n) is 11.6. The zero-order valence-electron chi connectivity index (χ0n) is 23.7. The third-order valence-electron chi connectivity index (χ3n) is 8.02. The molecule has 6 rings (SSSR count). The summed E-state index contributed by atoms with van der Waals surface area (Å²) in [5, 5.41) is 19.2. The van der Waals surface area contributed by atoms with E-state index < -0.39 is 11.3 Å². The lowest BCUT2D eigenvalue weighted by molar-refractivity contribution is -0.191. The van der Waals surface area contributed by atoms with Crippen LogP contribution in [-0.4, -0.2) is 54.7 Å². The Hall–Kier alpha value is -3.40. The molecule has 2 aliphatic heterocycles. The van der Waals surface area contributed by atoms with Crippen molar-refractivity contribution >= 4 is 17.2 Å². The monoisotopic (exact) mass is 560 g/mol. The molecule has 210 valence electrons. The van der Waals surface area contributed by atoms with E-state index in [1.54, 1.807) is 25.2 Å². The molecule has 0 spiro atoms. The summed E-state index contributed by atoms with van der Waals surface area (Å²) in [4.78, 5) is 16.1. The Bertz CT molecular complexity index is 1560. The molecule has 0 bridgehead atoms. The molecule has 1 amide bonds. The van der Waals surface area contributed by atoms with E-state index in [9.17, 15) is 9.90 Å². The summed E-state index contributed by atoms with van der Waals surface area (Å²) >= 11 is 1.60. The van der Waals surface area contributed by atoms with Crippen molar-refractivity contribution < 1.29 is 19.4 Å². The van der Waals surface area contributed by atoms with Gasteiger partial charge in [-0.25, -0.2) is 4.68 Å². The van der Waals surface area contributed by atoms with Gasteiger partial charge in [0.2, 0.25) is 0 Å². The fourth-order valence-electron chi connectivity index (χ4n) is 5.88. The second kappa shape index (κ2) is 9.90. The molecule has 1 N–H and O–H groups in total. The highest BCUT2D eigenvalue weighted by Crippen LogP contribution is 2.45. The standard InChI is InChI=1S/C31H36N4O4S/c1-6-20-14-26-24(15-23(20)21-8-12-33(5)16-21)28-25(17-38-26)27(32-35(28)22-9-13-40-18-22)29(36)34-11-7-10-31(34,4)19-39-30(2,3)37/h8-9,12-16,18,37H,6-7,10-11,17,19H2,1-5H3. The van der Waals surface area contributed by atoms with Crippen molar-refractivity contribution in [1.29, 1.82) is 0 Å². The molecular weight excluding hydrogens is 524 g/mol. The van der Waals surface area contributed by atoms with Gasteiger partial charge in [0.15, 0.2) is 11.5 Å². The number of thiophene rings is 1. The molecule has 2 aliphatic rings. The molecule has 1 fully saturated rings. The lowest BCUT2D eigenvalue weighted by Gasteiger charge is -2.36. The molecule has 9 heteroatoms. The van der Waals surface area contributed by atoms with E-state index in [1.807, 2.05) is 40.4 Å². The largest absolute Gasteiger partial charge is 0.488 e. The highest BCUT2D eigenvalue weighted by Gasteiger charge is 2.43. The van der Waals surface area contributed by atoms with Gasteiger partial charge >= 0.3 is 0 Å². The molecule has 1 saturated heterocycles. The summed E-state index contributed by atoms with van der Waals surface area (Å²) in [6.07, 6.45) is 6.71.